The monoisotopic (exact) mass is 218 g/mol. The maximum absolute atomic E-state index is 10.8. The van der Waals surface area contributed by atoms with Gasteiger partial charge in [-0.05, 0) is 19.9 Å². The molecular formula is C12H14N2O2. The van der Waals surface area contributed by atoms with Crippen molar-refractivity contribution in [1.29, 1.82) is 0 Å². The number of aryl methyl sites for hydroxylation is 1. The summed E-state index contributed by atoms with van der Waals surface area (Å²) in [5.74, 6) is 0.760. The Morgan fingerprint density at radius 1 is 1.50 bits per heavy atom. The molecule has 0 saturated carbocycles. The Hall–Kier alpha value is -1.84. The molecule has 0 aromatic carbocycles. The Labute approximate surface area is 93.9 Å². The first-order chi connectivity index (χ1) is 7.63. The van der Waals surface area contributed by atoms with Gasteiger partial charge in [0.15, 0.2) is 6.29 Å². The minimum atomic E-state index is 0.0974. The summed E-state index contributed by atoms with van der Waals surface area (Å²) in [6.45, 7) is 3.94. The van der Waals surface area contributed by atoms with Gasteiger partial charge in [-0.25, -0.2) is 0 Å². The van der Waals surface area contributed by atoms with Crippen LogP contribution in [0.25, 0.3) is 11.0 Å². The first kappa shape index (κ1) is 10.7. The highest BCUT2D eigenvalue weighted by atomic mass is 16.5. The van der Waals surface area contributed by atoms with Gasteiger partial charge >= 0.3 is 0 Å². The van der Waals surface area contributed by atoms with Crippen LogP contribution in [-0.4, -0.2) is 21.9 Å². The van der Waals surface area contributed by atoms with Gasteiger partial charge in [-0.3, -0.25) is 9.78 Å². The fraction of sp³-hybridized carbons (Fsp3) is 0.333. The number of carbonyl (C=O) groups is 1. The van der Waals surface area contributed by atoms with E-state index in [2.05, 4.69) is 4.98 Å². The maximum Gasteiger partial charge on any atom is 0.166 e. The Bertz CT molecular complexity index is 529. The van der Waals surface area contributed by atoms with E-state index >= 15 is 0 Å². The fourth-order valence-corrected chi connectivity index (χ4v) is 1.72. The second-order valence-corrected chi connectivity index (χ2v) is 3.96. The number of aromatic nitrogens is 2. The van der Waals surface area contributed by atoms with Crippen LogP contribution in [0.15, 0.2) is 18.3 Å². The minimum Gasteiger partial charge on any atom is -0.489 e. The Balaban J connectivity index is 2.65. The Morgan fingerprint density at radius 2 is 2.25 bits per heavy atom. The van der Waals surface area contributed by atoms with Crippen LogP contribution in [0.4, 0.5) is 0 Å². The third kappa shape index (κ3) is 1.66. The van der Waals surface area contributed by atoms with Gasteiger partial charge in [0.1, 0.15) is 11.3 Å². The van der Waals surface area contributed by atoms with Crippen molar-refractivity contribution in [2.24, 2.45) is 7.05 Å². The summed E-state index contributed by atoms with van der Waals surface area (Å²) >= 11 is 0. The summed E-state index contributed by atoms with van der Waals surface area (Å²) in [5.41, 5.74) is 2.24. The molecule has 2 aromatic heterocycles. The van der Waals surface area contributed by atoms with E-state index in [1.807, 2.05) is 27.0 Å². The lowest BCUT2D eigenvalue weighted by atomic mass is 10.3. The lowest BCUT2D eigenvalue weighted by Gasteiger charge is -2.11. The summed E-state index contributed by atoms with van der Waals surface area (Å²) in [6, 6.07) is 3.58. The van der Waals surface area contributed by atoms with Crippen molar-refractivity contribution >= 4 is 17.3 Å². The molecule has 0 bridgehead atoms. The van der Waals surface area contributed by atoms with Crippen molar-refractivity contribution < 1.29 is 9.53 Å². The van der Waals surface area contributed by atoms with Crippen molar-refractivity contribution in [3.8, 4) is 5.75 Å². The van der Waals surface area contributed by atoms with Crippen LogP contribution in [0.1, 0.15) is 24.3 Å². The topological polar surface area (TPSA) is 44.1 Å². The van der Waals surface area contributed by atoms with Gasteiger partial charge in [-0.15, -0.1) is 0 Å². The first-order valence-corrected chi connectivity index (χ1v) is 5.19. The van der Waals surface area contributed by atoms with Crippen molar-refractivity contribution in [2.75, 3.05) is 0 Å². The molecule has 0 atom stereocenters. The second-order valence-electron chi connectivity index (χ2n) is 3.96. The van der Waals surface area contributed by atoms with Gasteiger partial charge in [-0.2, -0.15) is 0 Å². The van der Waals surface area contributed by atoms with E-state index in [9.17, 15) is 4.79 Å². The zero-order chi connectivity index (χ0) is 11.7. The van der Waals surface area contributed by atoms with Crippen LogP contribution in [0.5, 0.6) is 5.75 Å². The summed E-state index contributed by atoms with van der Waals surface area (Å²) in [4.78, 5) is 15.1. The van der Waals surface area contributed by atoms with Crippen LogP contribution in [0.3, 0.4) is 0 Å². The van der Waals surface area contributed by atoms with Gasteiger partial charge in [0.25, 0.3) is 0 Å². The van der Waals surface area contributed by atoms with E-state index in [4.69, 9.17) is 4.74 Å². The number of nitrogens with zero attached hydrogens (tertiary/aromatic N) is 2. The van der Waals surface area contributed by atoms with Gasteiger partial charge in [0.2, 0.25) is 0 Å². The molecule has 0 unspecified atom stereocenters. The maximum atomic E-state index is 10.8. The number of hydrogen-bond donors (Lipinski definition) is 0. The summed E-state index contributed by atoms with van der Waals surface area (Å²) in [7, 11) is 1.83. The van der Waals surface area contributed by atoms with E-state index in [1.54, 1.807) is 16.8 Å². The molecule has 0 fully saturated rings. The van der Waals surface area contributed by atoms with E-state index in [1.165, 1.54) is 0 Å². The number of hydrogen-bond acceptors (Lipinski definition) is 3. The quantitative estimate of drug-likeness (QED) is 0.741. The van der Waals surface area contributed by atoms with Crippen LogP contribution in [0.2, 0.25) is 0 Å². The van der Waals surface area contributed by atoms with Crippen LogP contribution in [0, 0.1) is 0 Å². The SMILES string of the molecule is CC(C)Oc1ccnc2cc(C=O)n(C)c12. The molecule has 4 heteroatoms. The van der Waals surface area contributed by atoms with Crippen molar-refractivity contribution in [1.82, 2.24) is 9.55 Å². The van der Waals surface area contributed by atoms with Crippen molar-refractivity contribution in [3.05, 3.63) is 24.0 Å². The fourth-order valence-electron chi connectivity index (χ4n) is 1.72. The molecular weight excluding hydrogens is 204 g/mol. The molecule has 0 N–H and O–H groups in total. The lowest BCUT2D eigenvalue weighted by Crippen LogP contribution is -2.07. The zero-order valence-corrected chi connectivity index (χ0v) is 9.60. The summed E-state index contributed by atoms with van der Waals surface area (Å²) in [5, 5.41) is 0. The average molecular weight is 218 g/mol. The first-order valence-electron chi connectivity index (χ1n) is 5.19. The highest BCUT2D eigenvalue weighted by Gasteiger charge is 2.11. The van der Waals surface area contributed by atoms with Crippen LogP contribution in [-0.2, 0) is 7.05 Å². The molecule has 0 aliphatic rings. The van der Waals surface area contributed by atoms with Crippen LogP contribution < -0.4 is 4.74 Å². The Morgan fingerprint density at radius 3 is 2.88 bits per heavy atom. The third-order valence-electron chi connectivity index (χ3n) is 2.41. The molecule has 0 aliphatic carbocycles. The standard InChI is InChI=1S/C12H14N2O2/c1-8(2)16-11-4-5-13-10-6-9(7-15)14(3)12(10)11/h4-8H,1-3H3. The smallest absolute Gasteiger partial charge is 0.166 e. The molecule has 4 nitrogen and oxygen atoms in total. The van der Waals surface area contributed by atoms with Crippen molar-refractivity contribution in [3.63, 3.8) is 0 Å². The number of pyridine rings is 1. The number of carbonyl (C=O) groups excluding carboxylic acids is 1. The highest BCUT2D eigenvalue weighted by molar-refractivity contribution is 5.89. The second kappa shape index (κ2) is 3.96. The molecule has 0 amide bonds. The number of aldehydes is 1. The molecule has 16 heavy (non-hydrogen) atoms. The summed E-state index contributed by atoms with van der Waals surface area (Å²) in [6.07, 6.45) is 2.61. The van der Waals surface area contributed by atoms with Crippen LogP contribution >= 0.6 is 0 Å². The highest BCUT2D eigenvalue weighted by Crippen LogP contribution is 2.26. The van der Waals surface area contributed by atoms with E-state index in [0.717, 1.165) is 23.1 Å². The van der Waals surface area contributed by atoms with Gasteiger partial charge in [0, 0.05) is 19.3 Å². The van der Waals surface area contributed by atoms with Gasteiger partial charge < -0.3 is 9.30 Å². The molecule has 2 heterocycles. The average Bonchev–Trinajstić information content (AvgIpc) is 2.56. The minimum absolute atomic E-state index is 0.0974. The van der Waals surface area contributed by atoms with Gasteiger partial charge in [0.05, 0.1) is 17.3 Å². The number of rotatable bonds is 3. The molecule has 0 saturated heterocycles. The van der Waals surface area contributed by atoms with Gasteiger partial charge in [-0.1, -0.05) is 0 Å². The normalized spacial score (nSPS) is 11.0. The predicted molar refractivity (Wildman–Crippen MR) is 61.9 cm³/mol. The molecule has 0 aliphatic heterocycles. The zero-order valence-electron chi connectivity index (χ0n) is 9.60. The number of fused-ring (bicyclic) bond motifs is 1. The largest absolute Gasteiger partial charge is 0.489 e. The molecule has 0 radical (unpaired) electrons. The third-order valence-corrected chi connectivity index (χ3v) is 2.41. The Kier molecular flexibility index (Phi) is 2.64. The van der Waals surface area contributed by atoms with E-state index in [0.29, 0.717) is 5.69 Å². The number of ether oxygens (including phenoxy) is 1. The molecule has 0 spiro atoms. The van der Waals surface area contributed by atoms with E-state index < -0.39 is 0 Å². The summed E-state index contributed by atoms with van der Waals surface area (Å²) < 4.78 is 7.49. The van der Waals surface area contributed by atoms with Crippen molar-refractivity contribution in [2.45, 2.75) is 20.0 Å². The molecule has 84 valence electrons. The molecule has 2 aromatic rings. The molecule has 2 rings (SSSR count). The predicted octanol–water partition coefficient (Wildman–Crippen LogP) is 2.17. The van der Waals surface area contributed by atoms with E-state index in [-0.39, 0.29) is 6.10 Å². The lowest BCUT2D eigenvalue weighted by molar-refractivity contribution is 0.111.